The Morgan fingerprint density at radius 1 is 0.897 bits per heavy atom. The van der Waals surface area contributed by atoms with E-state index in [9.17, 15) is 18.0 Å². The molecule has 0 unspecified atom stereocenters. The zero-order valence-corrected chi connectivity index (χ0v) is 15.7. The lowest BCUT2D eigenvalue weighted by Crippen LogP contribution is -2.35. The molecule has 2 heterocycles. The van der Waals surface area contributed by atoms with Gasteiger partial charge in [0.1, 0.15) is 5.82 Å². The zero-order chi connectivity index (χ0) is 20.4. The second-order valence-electron chi connectivity index (χ2n) is 7.06. The molecular weight excluding hydrogens is 379 g/mol. The molecule has 1 aliphatic heterocycles. The van der Waals surface area contributed by atoms with Gasteiger partial charge in [-0.2, -0.15) is 13.2 Å². The quantitative estimate of drug-likeness (QED) is 0.632. The summed E-state index contributed by atoms with van der Waals surface area (Å²) in [7, 11) is 0. The van der Waals surface area contributed by atoms with Gasteiger partial charge in [-0.3, -0.25) is 4.79 Å². The molecule has 7 heteroatoms. The van der Waals surface area contributed by atoms with Crippen LogP contribution in [0.15, 0.2) is 60.8 Å². The third-order valence-electron chi connectivity index (χ3n) is 5.20. The Balaban J connectivity index is 1.49. The minimum absolute atomic E-state index is 0.0240. The lowest BCUT2D eigenvalue weighted by molar-refractivity contribution is -0.137. The van der Waals surface area contributed by atoms with Crippen molar-refractivity contribution in [2.75, 3.05) is 31.1 Å². The Kier molecular flexibility index (Phi) is 5.13. The molecule has 0 N–H and O–H groups in total. The molecule has 0 saturated carbocycles. The molecule has 1 amide bonds. The first-order valence-corrected chi connectivity index (χ1v) is 9.49. The maximum absolute atomic E-state index is 13.1. The van der Waals surface area contributed by atoms with E-state index >= 15 is 0 Å². The van der Waals surface area contributed by atoms with Gasteiger partial charge in [0, 0.05) is 37.9 Å². The van der Waals surface area contributed by atoms with Crippen molar-refractivity contribution in [1.82, 2.24) is 9.88 Å². The monoisotopic (exact) mass is 399 g/mol. The molecule has 2 aromatic carbocycles. The lowest BCUT2D eigenvalue weighted by Gasteiger charge is -2.23. The topological polar surface area (TPSA) is 36.4 Å². The number of halogens is 3. The van der Waals surface area contributed by atoms with Crippen LogP contribution in [0, 0.1) is 0 Å². The predicted molar refractivity (Wildman–Crippen MR) is 106 cm³/mol. The number of pyridine rings is 1. The van der Waals surface area contributed by atoms with Gasteiger partial charge in [0.15, 0.2) is 0 Å². The van der Waals surface area contributed by atoms with Crippen molar-refractivity contribution >= 4 is 22.5 Å². The molecule has 0 radical (unpaired) electrons. The van der Waals surface area contributed by atoms with Crippen LogP contribution in [-0.4, -0.2) is 42.0 Å². The maximum atomic E-state index is 13.1. The first kappa shape index (κ1) is 19.2. The summed E-state index contributed by atoms with van der Waals surface area (Å²) in [6.07, 6.45) is -2.82. The van der Waals surface area contributed by atoms with E-state index in [0.29, 0.717) is 37.6 Å². The van der Waals surface area contributed by atoms with E-state index in [0.717, 1.165) is 29.5 Å². The Hall–Kier alpha value is -3.09. The fourth-order valence-corrected chi connectivity index (χ4v) is 3.67. The molecule has 4 nitrogen and oxygen atoms in total. The van der Waals surface area contributed by atoms with Crippen molar-refractivity contribution in [2.45, 2.75) is 12.6 Å². The summed E-state index contributed by atoms with van der Waals surface area (Å²) in [5.41, 5.74) is -0.0898. The van der Waals surface area contributed by atoms with Crippen LogP contribution in [0.4, 0.5) is 19.0 Å². The van der Waals surface area contributed by atoms with Gasteiger partial charge < -0.3 is 9.80 Å². The molecule has 1 fully saturated rings. The summed E-state index contributed by atoms with van der Waals surface area (Å²) in [6.45, 7) is 2.25. The number of hydrogen-bond donors (Lipinski definition) is 0. The van der Waals surface area contributed by atoms with Gasteiger partial charge in [0.2, 0.25) is 0 Å². The molecule has 1 saturated heterocycles. The fraction of sp³-hybridized carbons (Fsp3) is 0.273. The number of carbonyl (C=O) groups is 1. The van der Waals surface area contributed by atoms with Crippen LogP contribution in [0.1, 0.15) is 22.3 Å². The number of nitrogens with zero attached hydrogens (tertiary/aromatic N) is 3. The maximum Gasteiger partial charge on any atom is 0.417 e. The van der Waals surface area contributed by atoms with E-state index in [-0.39, 0.29) is 5.91 Å². The van der Waals surface area contributed by atoms with E-state index in [2.05, 4.69) is 4.98 Å². The summed E-state index contributed by atoms with van der Waals surface area (Å²) >= 11 is 0. The predicted octanol–water partition coefficient (Wildman–Crippen LogP) is 4.61. The number of amides is 1. The number of carbonyl (C=O) groups excluding carboxylic acids is 1. The first-order valence-electron chi connectivity index (χ1n) is 9.49. The molecule has 0 atom stereocenters. The number of alkyl halides is 3. The average Bonchev–Trinajstić information content (AvgIpc) is 2.99. The van der Waals surface area contributed by atoms with Gasteiger partial charge >= 0.3 is 6.18 Å². The summed E-state index contributed by atoms with van der Waals surface area (Å²) in [6, 6.07) is 15.9. The number of rotatable bonds is 2. The third kappa shape index (κ3) is 4.04. The van der Waals surface area contributed by atoms with Crippen molar-refractivity contribution in [3.8, 4) is 0 Å². The summed E-state index contributed by atoms with van der Waals surface area (Å²) in [4.78, 5) is 20.9. The molecule has 4 rings (SSSR count). The molecule has 1 aliphatic rings. The second kappa shape index (κ2) is 7.73. The minimum Gasteiger partial charge on any atom is -0.355 e. The Labute approximate surface area is 166 Å². The van der Waals surface area contributed by atoms with E-state index < -0.39 is 11.7 Å². The standard InChI is InChI=1S/C22H20F3N3O/c23-22(24,25)17-9-10-20(26-15-17)27-11-4-12-28(14-13-27)21(29)19-8-3-6-16-5-1-2-7-18(16)19/h1-3,5-10,15H,4,11-14H2. The lowest BCUT2D eigenvalue weighted by atomic mass is 10.0. The van der Waals surface area contributed by atoms with E-state index in [1.807, 2.05) is 52.3 Å². The highest BCUT2D eigenvalue weighted by molar-refractivity contribution is 6.07. The molecule has 0 bridgehead atoms. The van der Waals surface area contributed by atoms with Gasteiger partial charge in [-0.1, -0.05) is 36.4 Å². The van der Waals surface area contributed by atoms with Crippen LogP contribution in [0.3, 0.4) is 0 Å². The largest absolute Gasteiger partial charge is 0.417 e. The number of benzene rings is 2. The summed E-state index contributed by atoms with van der Waals surface area (Å²) < 4.78 is 38.2. The van der Waals surface area contributed by atoms with Crippen molar-refractivity contribution in [1.29, 1.82) is 0 Å². The van der Waals surface area contributed by atoms with Crippen molar-refractivity contribution < 1.29 is 18.0 Å². The van der Waals surface area contributed by atoms with Crippen LogP contribution in [0.5, 0.6) is 0 Å². The van der Waals surface area contributed by atoms with Crippen molar-refractivity contribution in [3.63, 3.8) is 0 Å². The molecule has 1 aromatic heterocycles. The highest BCUT2D eigenvalue weighted by atomic mass is 19.4. The van der Waals surface area contributed by atoms with Gasteiger partial charge in [0.05, 0.1) is 5.56 Å². The average molecular weight is 399 g/mol. The third-order valence-corrected chi connectivity index (χ3v) is 5.20. The van der Waals surface area contributed by atoms with E-state index in [1.165, 1.54) is 6.07 Å². The summed E-state index contributed by atoms with van der Waals surface area (Å²) in [5, 5.41) is 1.94. The highest BCUT2D eigenvalue weighted by Crippen LogP contribution is 2.29. The molecule has 3 aromatic rings. The van der Waals surface area contributed by atoms with Gasteiger partial charge in [-0.25, -0.2) is 4.98 Å². The Morgan fingerprint density at radius 2 is 1.69 bits per heavy atom. The van der Waals surface area contributed by atoms with Crippen molar-refractivity contribution in [3.05, 3.63) is 71.9 Å². The van der Waals surface area contributed by atoms with Crippen LogP contribution in [0.2, 0.25) is 0 Å². The minimum atomic E-state index is -4.40. The molecular formula is C22H20F3N3O. The molecule has 0 aliphatic carbocycles. The van der Waals surface area contributed by atoms with Crippen molar-refractivity contribution in [2.24, 2.45) is 0 Å². The van der Waals surface area contributed by atoms with Gasteiger partial charge in [-0.05, 0) is 35.4 Å². The van der Waals surface area contributed by atoms with Crippen LogP contribution in [-0.2, 0) is 6.18 Å². The normalized spacial score (nSPS) is 15.4. The van der Waals surface area contributed by atoms with Gasteiger partial charge in [-0.15, -0.1) is 0 Å². The van der Waals surface area contributed by atoms with Crippen LogP contribution in [0.25, 0.3) is 10.8 Å². The molecule has 150 valence electrons. The summed E-state index contributed by atoms with van der Waals surface area (Å²) in [5.74, 6) is 0.474. The second-order valence-corrected chi connectivity index (χ2v) is 7.06. The number of anilines is 1. The molecule has 0 spiro atoms. The number of hydrogen-bond acceptors (Lipinski definition) is 3. The van der Waals surface area contributed by atoms with E-state index in [1.54, 1.807) is 0 Å². The fourth-order valence-electron chi connectivity index (χ4n) is 3.67. The highest BCUT2D eigenvalue weighted by Gasteiger charge is 2.31. The number of aromatic nitrogens is 1. The van der Waals surface area contributed by atoms with E-state index in [4.69, 9.17) is 0 Å². The van der Waals surface area contributed by atoms with Crippen LogP contribution >= 0.6 is 0 Å². The first-order chi connectivity index (χ1) is 13.9. The van der Waals surface area contributed by atoms with Gasteiger partial charge in [0.25, 0.3) is 5.91 Å². The Bertz CT molecular complexity index is 1010. The Morgan fingerprint density at radius 3 is 2.45 bits per heavy atom. The van der Waals surface area contributed by atoms with Crippen LogP contribution < -0.4 is 4.90 Å². The number of fused-ring (bicyclic) bond motifs is 1. The SMILES string of the molecule is O=C(c1cccc2ccccc12)N1CCCN(c2ccc(C(F)(F)F)cn2)CC1. The molecule has 29 heavy (non-hydrogen) atoms. The zero-order valence-electron chi connectivity index (χ0n) is 15.7. The smallest absolute Gasteiger partial charge is 0.355 e.